The molecule has 6 nitrogen and oxygen atoms in total. The second kappa shape index (κ2) is 9.28. The average molecular weight is 435 g/mol. The lowest BCUT2D eigenvalue weighted by atomic mass is 10.2. The van der Waals surface area contributed by atoms with E-state index < -0.39 is 23.8 Å². The van der Waals surface area contributed by atoms with Gasteiger partial charge in [-0.25, -0.2) is 4.79 Å². The number of rotatable bonds is 4. The predicted molar refractivity (Wildman–Crippen MR) is 110 cm³/mol. The molecule has 2 aromatic carbocycles. The van der Waals surface area contributed by atoms with E-state index in [1.807, 2.05) is 25.1 Å². The highest BCUT2D eigenvalue weighted by Crippen LogP contribution is 2.36. The van der Waals surface area contributed by atoms with Crippen molar-refractivity contribution >= 4 is 17.6 Å². The Morgan fingerprint density at radius 2 is 1.65 bits per heavy atom. The number of benzene rings is 2. The lowest BCUT2D eigenvalue weighted by molar-refractivity contribution is -0.144. The highest BCUT2D eigenvalue weighted by molar-refractivity contribution is 5.89. The van der Waals surface area contributed by atoms with Gasteiger partial charge in [0.15, 0.2) is 6.10 Å². The van der Waals surface area contributed by atoms with Crippen molar-refractivity contribution in [2.45, 2.75) is 26.1 Å². The van der Waals surface area contributed by atoms with Crippen molar-refractivity contribution in [1.29, 1.82) is 0 Å². The molecule has 1 saturated heterocycles. The molecule has 9 heteroatoms. The number of hydrogen-bond donors (Lipinski definition) is 1. The van der Waals surface area contributed by atoms with Gasteiger partial charge in [0.2, 0.25) is 0 Å². The normalized spacial score (nSPS) is 15.4. The van der Waals surface area contributed by atoms with Crippen LogP contribution in [0.4, 0.5) is 23.7 Å². The van der Waals surface area contributed by atoms with Gasteiger partial charge in [-0.15, -0.1) is 0 Å². The Labute approximate surface area is 178 Å². The number of hydrogen-bond acceptors (Lipinski definition) is 3. The molecule has 0 spiro atoms. The third-order valence-electron chi connectivity index (χ3n) is 4.99. The van der Waals surface area contributed by atoms with Gasteiger partial charge in [0.1, 0.15) is 5.75 Å². The van der Waals surface area contributed by atoms with Gasteiger partial charge in [0.05, 0.1) is 5.56 Å². The van der Waals surface area contributed by atoms with Gasteiger partial charge >= 0.3 is 12.2 Å². The largest absolute Gasteiger partial charge is 0.480 e. The molecule has 1 unspecified atom stereocenters. The van der Waals surface area contributed by atoms with Crippen LogP contribution in [0.3, 0.4) is 0 Å². The number of anilines is 1. The van der Waals surface area contributed by atoms with Crippen LogP contribution in [0.5, 0.6) is 5.75 Å². The summed E-state index contributed by atoms with van der Waals surface area (Å²) >= 11 is 0. The standard InChI is InChI=1S/C22H24F3N3O3/c1-15-6-5-7-17(14-15)26-21(30)28-12-10-27(11-13-28)20(29)16(2)31-19-9-4-3-8-18(19)22(23,24)25/h3-9,14,16H,10-13H2,1-2H3,(H,26,30). The lowest BCUT2D eigenvalue weighted by Crippen LogP contribution is -2.54. The maximum Gasteiger partial charge on any atom is 0.419 e. The van der Waals surface area contributed by atoms with Crippen molar-refractivity contribution in [3.63, 3.8) is 0 Å². The van der Waals surface area contributed by atoms with Gasteiger partial charge in [0.25, 0.3) is 5.91 Å². The Kier molecular flexibility index (Phi) is 6.72. The number of piperazine rings is 1. The highest BCUT2D eigenvalue weighted by atomic mass is 19.4. The van der Waals surface area contributed by atoms with E-state index in [0.717, 1.165) is 11.6 Å². The van der Waals surface area contributed by atoms with Crippen LogP contribution in [-0.2, 0) is 11.0 Å². The molecule has 3 amide bonds. The van der Waals surface area contributed by atoms with E-state index in [-0.39, 0.29) is 24.9 Å². The lowest BCUT2D eigenvalue weighted by Gasteiger charge is -2.36. The molecule has 1 heterocycles. The summed E-state index contributed by atoms with van der Waals surface area (Å²) in [6.07, 6.45) is -5.66. The molecular formula is C22H24F3N3O3. The zero-order chi connectivity index (χ0) is 22.6. The zero-order valence-electron chi connectivity index (χ0n) is 17.3. The van der Waals surface area contributed by atoms with Crippen LogP contribution in [0, 0.1) is 6.92 Å². The summed E-state index contributed by atoms with van der Waals surface area (Å²) in [5, 5.41) is 2.82. The molecule has 31 heavy (non-hydrogen) atoms. The molecular weight excluding hydrogens is 411 g/mol. The minimum atomic E-state index is -4.57. The minimum absolute atomic E-state index is 0.263. The van der Waals surface area contributed by atoms with Crippen LogP contribution in [0.25, 0.3) is 0 Å². The number of ether oxygens (including phenoxy) is 1. The second-order valence-electron chi connectivity index (χ2n) is 7.37. The number of alkyl halides is 3. The van der Waals surface area contributed by atoms with Gasteiger partial charge in [-0.05, 0) is 43.7 Å². The van der Waals surface area contributed by atoms with Gasteiger partial charge in [-0.1, -0.05) is 24.3 Å². The van der Waals surface area contributed by atoms with E-state index in [4.69, 9.17) is 4.74 Å². The van der Waals surface area contributed by atoms with Crippen molar-refractivity contribution < 1.29 is 27.5 Å². The summed E-state index contributed by atoms with van der Waals surface area (Å²) < 4.78 is 44.7. The van der Waals surface area contributed by atoms with E-state index in [2.05, 4.69) is 5.32 Å². The fourth-order valence-electron chi connectivity index (χ4n) is 3.36. The third kappa shape index (κ3) is 5.68. The molecule has 1 aliphatic rings. The summed E-state index contributed by atoms with van der Waals surface area (Å²) in [5.41, 5.74) is 0.787. The summed E-state index contributed by atoms with van der Waals surface area (Å²) in [6.45, 7) is 4.52. The quantitative estimate of drug-likeness (QED) is 0.785. The summed E-state index contributed by atoms with van der Waals surface area (Å²) in [4.78, 5) is 28.2. The molecule has 3 rings (SSSR count). The van der Waals surface area contributed by atoms with Crippen LogP contribution in [-0.4, -0.2) is 54.0 Å². The number of nitrogens with one attached hydrogen (secondary N) is 1. The fourth-order valence-corrected chi connectivity index (χ4v) is 3.36. The first kappa shape index (κ1) is 22.5. The topological polar surface area (TPSA) is 61.9 Å². The van der Waals surface area contributed by atoms with Gasteiger partial charge < -0.3 is 19.9 Å². The molecule has 1 N–H and O–H groups in total. The first-order chi connectivity index (χ1) is 14.6. The summed E-state index contributed by atoms with van der Waals surface area (Å²) in [5.74, 6) is -0.803. The van der Waals surface area contributed by atoms with Crippen molar-refractivity contribution in [1.82, 2.24) is 9.80 Å². The van der Waals surface area contributed by atoms with Crippen molar-refractivity contribution in [2.24, 2.45) is 0 Å². The van der Waals surface area contributed by atoms with Gasteiger partial charge in [-0.3, -0.25) is 4.79 Å². The number of nitrogens with zero attached hydrogens (tertiary/aromatic N) is 2. The highest BCUT2D eigenvalue weighted by Gasteiger charge is 2.35. The average Bonchev–Trinajstić information content (AvgIpc) is 2.73. The van der Waals surface area contributed by atoms with Crippen molar-refractivity contribution in [3.05, 3.63) is 59.7 Å². The number of halogens is 3. The first-order valence-corrected chi connectivity index (χ1v) is 9.89. The third-order valence-corrected chi connectivity index (χ3v) is 4.99. The molecule has 0 bridgehead atoms. The molecule has 2 aromatic rings. The Balaban J connectivity index is 1.55. The Hall–Kier alpha value is -3.23. The maximum atomic E-state index is 13.1. The van der Waals surface area contributed by atoms with E-state index in [9.17, 15) is 22.8 Å². The maximum absolute atomic E-state index is 13.1. The Bertz CT molecular complexity index is 941. The van der Waals surface area contributed by atoms with Crippen molar-refractivity contribution in [2.75, 3.05) is 31.5 Å². The predicted octanol–water partition coefficient (Wildman–Crippen LogP) is 4.16. The number of urea groups is 1. The molecule has 1 atom stereocenters. The van der Waals surface area contributed by atoms with E-state index in [1.54, 1.807) is 11.0 Å². The number of amides is 3. The molecule has 0 radical (unpaired) electrons. The number of carbonyl (C=O) groups excluding carboxylic acids is 2. The zero-order valence-corrected chi connectivity index (χ0v) is 17.3. The molecule has 0 saturated carbocycles. The number of aryl methyl sites for hydroxylation is 1. The van der Waals surface area contributed by atoms with E-state index in [0.29, 0.717) is 18.8 Å². The van der Waals surface area contributed by atoms with Crippen LogP contribution >= 0.6 is 0 Å². The second-order valence-corrected chi connectivity index (χ2v) is 7.37. The van der Waals surface area contributed by atoms with Gasteiger partial charge in [-0.2, -0.15) is 13.2 Å². The number of para-hydroxylation sites is 1. The van der Waals surface area contributed by atoms with Crippen LogP contribution in [0.2, 0.25) is 0 Å². The monoisotopic (exact) mass is 435 g/mol. The SMILES string of the molecule is Cc1cccc(NC(=O)N2CCN(C(=O)C(C)Oc3ccccc3C(F)(F)F)CC2)c1. The first-order valence-electron chi connectivity index (χ1n) is 9.89. The van der Waals surface area contributed by atoms with Crippen LogP contribution < -0.4 is 10.1 Å². The molecule has 0 aliphatic carbocycles. The van der Waals surface area contributed by atoms with Crippen molar-refractivity contribution in [3.8, 4) is 5.75 Å². The molecule has 0 aromatic heterocycles. The molecule has 166 valence electrons. The summed E-state index contributed by atoms with van der Waals surface area (Å²) in [7, 11) is 0. The number of carbonyl (C=O) groups is 2. The van der Waals surface area contributed by atoms with Crippen LogP contribution in [0.15, 0.2) is 48.5 Å². The minimum Gasteiger partial charge on any atom is -0.480 e. The smallest absolute Gasteiger partial charge is 0.419 e. The Morgan fingerprint density at radius 1 is 1.00 bits per heavy atom. The molecule has 1 fully saturated rings. The van der Waals surface area contributed by atoms with Gasteiger partial charge in [0, 0.05) is 31.9 Å². The van der Waals surface area contributed by atoms with Crippen LogP contribution in [0.1, 0.15) is 18.1 Å². The fraction of sp³-hybridized carbons (Fsp3) is 0.364. The van der Waals surface area contributed by atoms with E-state index >= 15 is 0 Å². The summed E-state index contributed by atoms with van der Waals surface area (Å²) in [6, 6.07) is 12.0. The molecule has 1 aliphatic heterocycles. The Morgan fingerprint density at radius 3 is 2.29 bits per heavy atom. The van der Waals surface area contributed by atoms with E-state index in [1.165, 1.54) is 30.0 Å².